The van der Waals surface area contributed by atoms with Crippen molar-refractivity contribution in [3.8, 4) is 0 Å². The van der Waals surface area contributed by atoms with Gasteiger partial charge in [0.05, 0.1) is 11.4 Å². The Balaban J connectivity index is 0.000000213. The van der Waals surface area contributed by atoms with Crippen LogP contribution in [0, 0.1) is 15.5 Å². The van der Waals surface area contributed by atoms with E-state index in [9.17, 15) is 0 Å². The Morgan fingerprint density at radius 2 is 1.86 bits per heavy atom. The number of fused-ring (bicyclic) bond motifs is 1. The molecule has 0 spiro atoms. The van der Waals surface area contributed by atoms with Gasteiger partial charge in [-0.25, -0.2) is 0 Å². The highest BCUT2D eigenvalue weighted by molar-refractivity contribution is 6.15. The molecular weight excluding hydrogens is 188 g/mol. The molecule has 2 rings (SSSR count). The van der Waals surface area contributed by atoms with Gasteiger partial charge in [-0.05, 0) is 12.1 Å². The third-order valence-electron chi connectivity index (χ3n) is 1.55. The molecule has 0 amide bonds. The monoisotopic (exact) mass is 196 g/mol. The molecule has 1 heterocycles. The van der Waals surface area contributed by atoms with Gasteiger partial charge in [-0.3, -0.25) is 10.3 Å². The lowest BCUT2D eigenvalue weighted by Crippen LogP contribution is -2.21. The van der Waals surface area contributed by atoms with Gasteiger partial charge in [0.2, 0.25) is 0 Å². The van der Waals surface area contributed by atoms with Crippen molar-refractivity contribution in [2.24, 2.45) is 5.73 Å². The molecule has 4 N–H and O–H groups in total. The van der Waals surface area contributed by atoms with Crippen molar-refractivity contribution in [2.75, 3.05) is 4.90 Å². The molecule has 7 nitrogen and oxygen atoms in total. The number of guanidine groups is 1. The molecule has 0 bridgehead atoms. The summed E-state index contributed by atoms with van der Waals surface area (Å²) < 4.78 is 0. The minimum Gasteiger partial charge on any atom is -0.369 e. The van der Waals surface area contributed by atoms with Crippen LogP contribution in [-0.2, 0) is 0 Å². The van der Waals surface area contributed by atoms with Crippen LogP contribution in [0.4, 0.5) is 11.4 Å². The highest BCUT2D eigenvalue weighted by Crippen LogP contribution is 2.46. The van der Waals surface area contributed by atoms with Crippen molar-refractivity contribution in [3.05, 3.63) is 34.4 Å². The topological polar surface area (TPSA) is 116 Å². The largest absolute Gasteiger partial charge is 0.369 e. The Morgan fingerprint density at radius 1 is 1.50 bits per heavy atom. The maximum absolute atomic E-state index is 8.36. The molecular formula is C7H8N4O3. The van der Waals surface area contributed by atoms with Crippen molar-refractivity contribution in [1.29, 1.82) is 5.41 Å². The number of hydrogen-bond acceptors (Lipinski definition) is 3. The first-order chi connectivity index (χ1) is 6.54. The first-order valence-corrected chi connectivity index (χ1v) is 3.60. The van der Waals surface area contributed by atoms with Crippen LogP contribution in [0.3, 0.4) is 0 Å². The molecule has 0 aromatic heterocycles. The van der Waals surface area contributed by atoms with Crippen LogP contribution >= 0.6 is 0 Å². The second-order valence-electron chi connectivity index (χ2n) is 2.45. The predicted octanol–water partition coefficient (Wildman–Crippen LogP) is 0.684. The normalized spacial score (nSPS) is 10.7. The Labute approximate surface area is 79.0 Å². The standard InChI is InChI=1S/C7H7N3.HNO3/c8-7(9)10-5-3-1-2-4-6(5)10;2-1(3)4/h1-4H,(H3,8,9);(H,2,3,4). The van der Waals surface area contributed by atoms with Gasteiger partial charge in [-0.1, -0.05) is 12.1 Å². The fourth-order valence-electron chi connectivity index (χ4n) is 1.06. The van der Waals surface area contributed by atoms with Crippen LogP contribution in [-0.4, -0.2) is 16.3 Å². The second-order valence-corrected chi connectivity index (χ2v) is 2.45. The maximum Gasteiger partial charge on any atom is 0.291 e. The lowest BCUT2D eigenvalue weighted by atomic mass is 10.4. The van der Waals surface area contributed by atoms with Crippen molar-refractivity contribution >= 4 is 17.3 Å². The Kier molecular flexibility index (Phi) is 2.52. The van der Waals surface area contributed by atoms with Crippen LogP contribution in [0.25, 0.3) is 0 Å². The molecule has 0 fully saturated rings. The third kappa shape index (κ3) is 2.09. The summed E-state index contributed by atoms with van der Waals surface area (Å²) in [6.07, 6.45) is 0. The summed E-state index contributed by atoms with van der Waals surface area (Å²) in [4.78, 5) is 10.1. The summed E-state index contributed by atoms with van der Waals surface area (Å²) in [7, 11) is 0. The van der Waals surface area contributed by atoms with E-state index in [0.29, 0.717) is 0 Å². The average Bonchev–Trinajstić information content (AvgIpc) is 2.75. The lowest BCUT2D eigenvalue weighted by molar-refractivity contribution is -0.742. The van der Waals surface area contributed by atoms with Crippen LogP contribution in [0.5, 0.6) is 0 Å². The molecule has 1 aromatic carbocycles. The molecule has 0 saturated carbocycles. The van der Waals surface area contributed by atoms with E-state index in [1.54, 1.807) is 4.90 Å². The highest BCUT2D eigenvalue weighted by Gasteiger charge is 2.29. The molecule has 1 aromatic rings. The van der Waals surface area contributed by atoms with Gasteiger partial charge in [0, 0.05) is 0 Å². The number of benzene rings is 1. The Hall–Kier alpha value is -2.31. The van der Waals surface area contributed by atoms with Gasteiger partial charge in [-0.15, -0.1) is 10.1 Å². The first kappa shape index (κ1) is 9.78. The average molecular weight is 196 g/mol. The molecule has 1 aliphatic heterocycles. The number of rotatable bonds is 0. The fraction of sp³-hybridized carbons (Fsp3) is 0. The number of nitrogens with zero attached hydrogens (tertiary/aromatic N) is 2. The van der Waals surface area contributed by atoms with E-state index in [1.165, 1.54) is 0 Å². The first-order valence-electron chi connectivity index (χ1n) is 3.60. The number of nitrogens with one attached hydrogen (secondary N) is 1. The Morgan fingerprint density at radius 3 is 2.14 bits per heavy atom. The molecule has 0 unspecified atom stereocenters. The van der Waals surface area contributed by atoms with Crippen molar-refractivity contribution < 1.29 is 10.3 Å². The summed E-state index contributed by atoms with van der Waals surface area (Å²) in [6.45, 7) is 0. The maximum atomic E-state index is 8.36. The zero-order valence-corrected chi connectivity index (χ0v) is 7.04. The van der Waals surface area contributed by atoms with Gasteiger partial charge in [0.25, 0.3) is 5.09 Å². The van der Waals surface area contributed by atoms with Gasteiger partial charge in [0.1, 0.15) is 0 Å². The molecule has 0 saturated heterocycles. The van der Waals surface area contributed by atoms with Crippen LogP contribution in [0.1, 0.15) is 0 Å². The summed E-state index contributed by atoms with van der Waals surface area (Å²) in [5, 5.41) is 20.7. The van der Waals surface area contributed by atoms with Crippen LogP contribution in [0.15, 0.2) is 24.3 Å². The van der Waals surface area contributed by atoms with Gasteiger partial charge in [-0.2, -0.15) is 0 Å². The van der Waals surface area contributed by atoms with Crippen molar-refractivity contribution in [2.45, 2.75) is 0 Å². The van der Waals surface area contributed by atoms with Gasteiger partial charge >= 0.3 is 0 Å². The predicted molar refractivity (Wildman–Crippen MR) is 49.3 cm³/mol. The molecule has 7 heteroatoms. The SMILES string of the molecule is N=C(N)N1c2ccccc21.O=[N+]([O-])O. The fourth-order valence-corrected chi connectivity index (χ4v) is 1.06. The number of anilines is 2. The molecule has 0 atom stereocenters. The van der Waals surface area contributed by atoms with E-state index in [1.807, 2.05) is 24.3 Å². The van der Waals surface area contributed by atoms with Crippen LogP contribution in [0.2, 0.25) is 0 Å². The zero-order chi connectivity index (χ0) is 10.7. The molecule has 0 radical (unpaired) electrons. The number of nitrogens with two attached hydrogens (primary N) is 1. The van der Waals surface area contributed by atoms with Crippen molar-refractivity contribution in [3.63, 3.8) is 0 Å². The van der Waals surface area contributed by atoms with E-state index >= 15 is 0 Å². The second kappa shape index (κ2) is 3.60. The van der Waals surface area contributed by atoms with E-state index in [0.717, 1.165) is 11.4 Å². The molecule has 1 aliphatic rings. The molecule has 14 heavy (non-hydrogen) atoms. The summed E-state index contributed by atoms with van der Waals surface area (Å²) >= 11 is 0. The molecule has 74 valence electrons. The van der Waals surface area contributed by atoms with Crippen molar-refractivity contribution in [1.82, 2.24) is 0 Å². The van der Waals surface area contributed by atoms with Gasteiger partial charge in [0.15, 0.2) is 5.96 Å². The van der Waals surface area contributed by atoms with Gasteiger partial charge < -0.3 is 10.9 Å². The van der Waals surface area contributed by atoms with E-state index in [2.05, 4.69) is 0 Å². The van der Waals surface area contributed by atoms with E-state index in [-0.39, 0.29) is 5.96 Å². The number of para-hydroxylation sites is 2. The summed E-state index contributed by atoms with van der Waals surface area (Å²) in [6, 6.07) is 7.75. The smallest absolute Gasteiger partial charge is 0.291 e. The zero-order valence-electron chi connectivity index (χ0n) is 7.04. The minimum absolute atomic E-state index is 0.0983. The third-order valence-corrected chi connectivity index (χ3v) is 1.55. The van der Waals surface area contributed by atoms with Crippen LogP contribution < -0.4 is 10.6 Å². The molecule has 0 aliphatic carbocycles. The lowest BCUT2D eigenvalue weighted by Gasteiger charge is -1.94. The van der Waals surface area contributed by atoms with E-state index < -0.39 is 5.09 Å². The summed E-state index contributed by atoms with van der Waals surface area (Å²) in [5.74, 6) is 0.0983. The quantitative estimate of drug-likeness (QED) is 0.185. The minimum atomic E-state index is -1.50. The van der Waals surface area contributed by atoms with E-state index in [4.69, 9.17) is 26.5 Å². The number of hydrogen-bond donors (Lipinski definition) is 3. The highest BCUT2D eigenvalue weighted by atomic mass is 16.9. The summed E-state index contributed by atoms with van der Waals surface area (Å²) in [5.41, 5.74) is 7.36. The Bertz CT molecular complexity index is 352.